The van der Waals surface area contributed by atoms with Crippen molar-refractivity contribution in [1.82, 2.24) is 0 Å². The highest BCUT2D eigenvalue weighted by atomic mass is 79.9. The van der Waals surface area contributed by atoms with Crippen LogP contribution in [-0.2, 0) is 15.4 Å². The van der Waals surface area contributed by atoms with Crippen molar-refractivity contribution in [2.24, 2.45) is 5.73 Å². The molecule has 1 aliphatic carbocycles. The Morgan fingerprint density at radius 1 is 1.55 bits per heavy atom. The molecular formula is C13H14BrFN2O2S. The second-order valence-corrected chi connectivity index (χ2v) is 8.62. The molecule has 1 aliphatic rings. The van der Waals surface area contributed by atoms with Gasteiger partial charge in [-0.25, -0.2) is 12.8 Å². The molecule has 1 fully saturated rings. The van der Waals surface area contributed by atoms with Gasteiger partial charge in [0, 0.05) is 10.0 Å². The van der Waals surface area contributed by atoms with Gasteiger partial charge in [-0.1, -0.05) is 15.9 Å². The van der Waals surface area contributed by atoms with Crippen LogP contribution in [0.2, 0.25) is 0 Å². The minimum Gasteiger partial charge on any atom is -0.321 e. The number of rotatable bonds is 4. The van der Waals surface area contributed by atoms with E-state index in [0.29, 0.717) is 17.3 Å². The molecule has 108 valence electrons. The highest BCUT2D eigenvalue weighted by Crippen LogP contribution is 2.45. The van der Waals surface area contributed by atoms with Gasteiger partial charge in [0.05, 0.1) is 17.4 Å². The van der Waals surface area contributed by atoms with Gasteiger partial charge in [-0.2, -0.15) is 5.26 Å². The van der Waals surface area contributed by atoms with Gasteiger partial charge in [0.1, 0.15) is 5.82 Å². The smallest absolute Gasteiger partial charge is 0.171 e. The Kier molecular flexibility index (Phi) is 3.70. The average Bonchev–Trinajstić information content (AvgIpc) is 3.12. The summed E-state index contributed by atoms with van der Waals surface area (Å²) in [7, 11) is -3.70. The molecule has 4 nitrogen and oxygen atoms in total. The summed E-state index contributed by atoms with van der Waals surface area (Å²) < 4.78 is 37.8. The highest BCUT2D eigenvalue weighted by Gasteiger charge is 2.56. The highest BCUT2D eigenvalue weighted by molar-refractivity contribution is 9.10. The van der Waals surface area contributed by atoms with E-state index in [1.54, 1.807) is 0 Å². The van der Waals surface area contributed by atoms with E-state index in [0.717, 1.165) is 0 Å². The Labute approximate surface area is 125 Å². The van der Waals surface area contributed by atoms with Crippen LogP contribution in [-0.4, -0.2) is 18.9 Å². The summed E-state index contributed by atoms with van der Waals surface area (Å²) in [6.45, 7) is 1.46. The number of benzene rings is 1. The Morgan fingerprint density at radius 2 is 2.15 bits per heavy atom. The number of nitrogens with zero attached hydrogens (tertiary/aromatic N) is 1. The van der Waals surface area contributed by atoms with Gasteiger partial charge in [-0.3, -0.25) is 0 Å². The lowest BCUT2D eigenvalue weighted by atomic mass is 9.95. The molecule has 0 radical (unpaired) electrons. The Balaban J connectivity index is 2.37. The van der Waals surface area contributed by atoms with Gasteiger partial charge in [0.15, 0.2) is 14.6 Å². The maximum absolute atomic E-state index is 13.9. The monoisotopic (exact) mass is 360 g/mol. The van der Waals surface area contributed by atoms with Crippen LogP contribution in [0.15, 0.2) is 22.7 Å². The van der Waals surface area contributed by atoms with E-state index in [1.807, 2.05) is 6.07 Å². The number of sulfone groups is 1. The molecule has 2 N–H and O–H groups in total. The molecule has 1 aromatic rings. The molecular weight excluding hydrogens is 347 g/mol. The zero-order chi connectivity index (χ0) is 15.2. The second-order valence-electron chi connectivity index (χ2n) is 5.41. The minimum absolute atomic E-state index is 0.115. The maximum atomic E-state index is 13.9. The number of halogens is 2. The summed E-state index contributed by atoms with van der Waals surface area (Å²) in [4.78, 5) is 0. The number of nitrogens with two attached hydrogens (primary N) is 1. The predicted molar refractivity (Wildman–Crippen MR) is 77.0 cm³/mol. The van der Waals surface area contributed by atoms with E-state index < -0.39 is 31.7 Å². The fourth-order valence-corrected chi connectivity index (χ4v) is 4.60. The first-order valence-electron chi connectivity index (χ1n) is 6.02. The summed E-state index contributed by atoms with van der Waals surface area (Å²) in [5.74, 6) is -1.02. The predicted octanol–water partition coefficient (Wildman–Crippen LogP) is 2.23. The van der Waals surface area contributed by atoms with E-state index in [1.165, 1.54) is 25.1 Å². The summed E-state index contributed by atoms with van der Waals surface area (Å²) in [5, 5.41) is 9.01. The van der Waals surface area contributed by atoms with Gasteiger partial charge in [0.25, 0.3) is 0 Å². The first-order valence-corrected chi connectivity index (χ1v) is 8.46. The molecule has 7 heteroatoms. The lowest BCUT2D eigenvalue weighted by Crippen LogP contribution is -2.44. The van der Waals surface area contributed by atoms with Gasteiger partial charge in [-0.05, 0) is 38.0 Å². The van der Waals surface area contributed by atoms with Crippen LogP contribution in [0.3, 0.4) is 0 Å². The topological polar surface area (TPSA) is 84.0 Å². The van der Waals surface area contributed by atoms with Crippen LogP contribution < -0.4 is 5.73 Å². The molecule has 0 heterocycles. The standard InChI is InChI=1S/C13H14BrFN2O2S/c1-12(17,10-6-9(14)2-3-11(10)15)8-20(18,19)13(7-16)4-5-13/h2-3,6H,4-5,8,17H2,1H3. The molecule has 0 saturated heterocycles. The molecule has 0 aliphatic heterocycles. The third kappa shape index (κ3) is 2.60. The normalized spacial score (nSPS) is 19.9. The molecule has 1 atom stereocenters. The minimum atomic E-state index is -3.70. The largest absolute Gasteiger partial charge is 0.321 e. The van der Waals surface area contributed by atoms with Crippen LogP contribution in [0.4, 0.5) is 4.39 Å². The van der Waals surface area contributed by atoms with Crippen LogP contribution in [0.25, 0.3) is 0 Å². The van der Waals surface area contributed by atoms with Crippen molar-refractivity contribution >= 4 is 25.8 Å². The molecule has 0 amide bonds. The fourth-order valence-electron chi connectivity index (χ4n) is 2.15. The molecule has 1 saturated carbocycles. The SMILES string of the molecule is CC(N)(CS(=O)(=O)C1(C#N)CC1)c1cc(Br)ccc1F. The third-order valence-electron chi connectivity index (χ3n) is 3.54. The molecule has 20 heavy (non-hydrogen) atoms. The summed E-state index contributed by atoms with van der Waals surface area (Å²) >= 11 is 3.21. The van der Waals surface area contributed by atoms with Crippen molar-refractivity contribution in [3.8, 4) is 6.07 Å². The van der Waals surface area contributed by atoms with Gasteiger partial charge in [0.2, 0.25) is 0 Å². The second kappa shape index (κ2) is 4.79. The van der Waals surface area contributed by atoms with Gasteiger partial charge >= 0.3 is 0 Å². The number of nitriles is 1. The Bertz CT molecular complexity index is 691. The van der Waals surface area contributed by atoms with E-state index in [2.05, 4.69) is 15.9 Å². The van der Waals surface area contributed by atoms with E-state index in [9.17, 15) is 12.8 Å². The molecule has 1 unspecified atom stereocenters. The fraction of sp³-hybridized carbons (Fsp3) is 0.462. The molecule has 2 rings (SSSR count). The van der Waals surface area contributed by atoms with E-state index >= 15 is 0 Å². The summed E-state index contributed by atoms with van der Waals surface area (Å²) in [6.07, 6.45) is 0.645. The summed E-state index contributed by atoms with van der Waals surface area (Å²) in [5.41, 5.74) is 4.75. The number of hydrogen-bond donors (Lipinski definition) is 1. The van der Waals surface area contributed by atoms with E-state index in [-0.39, 0.29) is 5.56 Å². The lowest BCUT2D eigenvalue weighted by molar-refractivity contribution is 0.490. The lowest BCUT2D eigenvalue weighted by Gasteiger charge is -2.26. The molecule has 0 bridgehead atoms. The first-order chi connectivity index (χ1) is 9.13. The Hall–Kier alpha value is -0.970. The number of hydrogen-bond acceptors (Lipinski definition) is 4. The third-order valence-corrected chi connectivity index (χ3v) is 6.70. The van der Waals surface area contributed by atoms with Crippen molar-refractivity contribution in [1.29, 1.82) is 5.26 Å². The Morgan fingerprint density at radius 3 is 2.65 bits per heavy atom. The molecule has 0 spiro atoms. The maximum Gasteiger partial charge on any atom is 0.171 e. The van der Waals surface area contributed by atoms with Crippen molar-refractivity contribution in [3.05, 3.63) is 34.1 Å². The van der Waals surface area contributed by atoms with Crippen molar-refractivity contribution in [3.63, 3.8) is 0 Å². The zero-order valence-electron chi connectivity index (χ0n) is 10.9. The van der Waals surface area contributed by atoms with Crippen molar-refractivity contribution in [2.75, 3.05) is 5.75 Å². The average molecular weight is 361 g/mol. The van der Waals surface area contributed by atoms with Crippen molar-refractivity contribution < 1.29 is 12.8 Å². The van der Waals surface area contributed by atoms with Crippen LogP contribution in [0.5, 0.6) is 0 Å². The van der Waals surface area contributed by atoms with Gasteiger partial charge in [-0.15, -0.1) is 0 Å². The van der Waals surface area contributed by atoms with E-state index in [4.69, 9.17) is 11.0 Å². The first kappa shape index (κ1) is 15.4. The molecule has 0 aromatic heterocycles. The molecule has 1 aromatic carbocycles. The van der Waals surface area contributed by atoms with Gasteiger partial charge < -0.3 is 5.73 Å². The summed E-state index contributed by atoms with van der Waals surface area (Å²) in [6, 6.07) is 6.06. The van der Waals surface area contributed by atoms with Crippen molar-refractivity contribution in [2.45, 2.75) is 30.1 Å². The van der Waals surface area contributed by atoms with Crippen LogP contribution in [0.1, 0.15) is 25.3 Å². The van der Waals surface area contributed by atoms with Crippen LogP contribution in [0, 0.1) is 17.1 Å². The van der Waals surface area contributed by atoms with Crippen LogP contribution >= 0.6 is 15.9 Å². The zero-order valence-corrected chi connectivity index (χ0v) is 13.3. The quantitative estimate of drug-likeness (QED) is 0.891.